The molecular formula is C22H21N3O2S. The van der Waals surface area contributed by atoms with Crippen molar-refractivity contribution >= 4 is 22.9 Å². The summed E-state index contributed by atoms with van der Waals surface area (Å²) >= 11 is 1.51. The van der Waals surface area contributed by atoms with Crippen LogP contribution in [0.15, 0.2) is 70.9 Å². The van der Waals surface area contributed by atoms with Crippen molar-refractivity contribution in [1.29, 1.82) is 5.26 Å². The Morgan fingerprint density at radius 2 is 1.93 bits per heavy atom. The van der Waals surface area contributed by atoms with Crippen LogP contribution in [-0.4, -0.2) is 17.7 Å². The van der Waals surface area contributed by atoms with E-state index in [-0.39, 0.29) is 5.97 Å². The second kappa shape index (κ2) is 9.25. The number of allylic oxidation sites excluding steroid dienone is 1. The van der Waals surface area contributed by atoms with Crippen molar-refractivity contribution in [2.45, 2.75) is 25.6 Å². The molecule has 5 nitrogen and oxygen atoms in total. The number of hydrogen-bond donors (Lipinski definition) is 1. The Morgan fingerprint density at radius 3 is 2.64 bits per heavy atom. The lowest BCUT2D eigenvalue weighted by Gasteiger charge is -2.25. The molecule has 0 radical (unpaired) electrons. The molecule has 0 saturated heterocycles. The molecule has 0 bridgehead atoms. The van der Waals surface area contributed by atoms with Crippen LogP contribution >= 0.6 is 11.8 Å². The van der Waals surface area contributed by atoms with E-state index in [0.717, 1.165) is 16.8 Å². The van der Waals surface area contributed by atoms with Crippen molar-refractivity contribution in [3.63, 3.8) is 0 Å². The summed E-state index contributed by atoms with van der Waals surface area (Å²) in [6.45, 7) is 3.97. The van der Waals surface area contributed by atoms with Crippen LogP contribution in [0.4, 0.5) is 0 Å². The summed E-state index contributed by atoms with van der Waals surface area (Å²) in [5.74, 6) is 0.253. The first-order chi connectivity index (χ1) is 13.6. The van der Waals surface area contributed by atoms with Crippen molar-refractivity contribution in [2.24, 2.45) is 4.99 Å². The summed E-state index contributed by atoms with van der Waals surface area (Å²) < 4.78 is 5.25. The third-order valence-corrected chi connectivity index (χ3v) is 5.27. The average molecular weight is 391 g/mol. The van der Waals surface area contributed by atoms with Crippen molar-refractivity contribution in [1.82, 2.24) is 5.32 Å². The van der Waals surface area contributed by atoms with Crippen LogP contribution in [0.3, 0.4) is 0 Å². The molecule has 28 heavy (non-hydrogen) atoms. The fourth-order valence-corrected chi connectivity index (χ4v) is 3.92. The molecule has 1 atom stereocenters. The molecule has 2 aromatic carbocycles. The minimum absolute atomic E-state index is 0.313. The van der Waals surface area contributed by atoms with Crippen molar-refractivity contribution in [3.8, 4) is 6.07 Å². The zero-order valence-corrected chi connectivity index (χ0v) is 16.6. The van der Waals surface area contributed by atoms with E-state index in [2.05, 4.69) is 11.4 Å². The van der Waals surface area contributed by atoms with Crippen LogP contribution in [-0.2, 0) is 15.3 Å². The van der Waals surface area contributed by atoms with Crippen LogP contribution in [0.1, 0.15) is 36.6 Å². The van der Waals surface area contributed by atoms with Gasteiger partial charge >= 0.3 is 5.97 Å². The molecule has 0 aliphatic carbocycles. The number of ether oxygens (including phenoxy) is 1. The van der Waals surface area contributed by atoms with Gasteiger partial charge in [0.2, 0.25) is 0 Å². The van der Waals surface area contributed by atoms with Crippen LogP contribution in [0.2, 0.25) is 0 Å². The Balaban J connectivity index is 1.88. The summed E-state index contributed by atoms with van der Waals surface area (Å²) in [5.41, 5.74) is 3.80. The first kappa shape index (κ1) is 19.7. The molecule has 1 heterocycles. The lowest BCUT2D eigenvalue weighted by Crippen LogP contribution is -2.30. The number of amidine groups is 1. The van der Waals surface area contributed by atoms with E-state index >= 15 is 0 Å². The quantitative estimate of drug-likeness (QED) is 0.768. The summed E-state index contributed by atoms with van der Waals surface area (Å²) in [5, 5.41) is 13.2. The fourth-order valence-electron chi connectivity index (χ4n) is 2.97. The van der Waals surface area contributed by atoms with Gasteiger partial charge in [0, 0.05) is 11.4 Å². The third-order valence-electron chi connectivity index (χ3n) is 4.33. The highest BCUT2D eigenvalue weighted by Gasteiger charge is 2.30. The molecule has 1 N–H and O–H groups in total. The van der Waals surface area contributed by atoms with Gasteiger partial charge in [0.15, 0.2) is 5.17 Å². The first-order valence-electron chi connectivity index (χ1n) is 9.02. The zero-order chi connectivity index (χ0) is 19.9. The van der Waals surface area contributed by atoms with Gasteiger partial charge in [-0.2, -0.15) is 5.26 Å². The monoisotopic (exact) mass is 391 g/mol. The number of hydrogen-bond acceptors (Lipinski definition) is 6. The van der Waals surface area contributed by atoms with Gasteiger partial charge in [-0.05, 0) is 31.0 Å². The highest BCUT2D eigenvalue weighted by atomic mass is 32.2. The van der Waals surface area contributed by atoms with Crippen LogP contribution in [0.25, 0.3) is 0 Å². The minimum atomic E-state index is -0.421. The summed E-state index contributed by atoms with van der Waals surface area (Å²) in [6.07, 6.45) is 0. The molecule has 2 aromatic rings. The topological polar surface area (TPSA) is 74.5 Å². The van der Waals surface area contributed by atoms with E-state index in [1.54, 1.807) is 6.92 Å². The molecule has 1 aliphatic rings. The number of rotatable bonds is 5. The summed E-state index contributed by atoms with van der Waals surface area (Å²) in [7, 11) is 0. The van der Waals surface area contributed by atoms with E-state index in [1.807, 2.05) is 61.5 Å². The van der Waals surface area contributed by atoms with E-state index in [0.29, 0.717) is 28.7 Å². The number of nitriles is 1. The molecule has 0 unspecified atom stereocenters. The molecule has 0 aromatic heterocycles. The number of esters is 1. The van der Waals surface area contributed by atoms with Gasteiger partial charge < -0.3 is 10.1 Å². The van der Waals surface area contributed by atoms with Crippen molar-refractivity contribution < 1.29 is 9.53 Å². The number of nitrogens with one attached hydrogen (secondary N) is 1. The van der Waals surface area contributed by atoms with Crippen LogP contribution in [0.5, 0.6) is 0 Å². The van der Waals surface area contributed by atoms with Crippen LogP contribution < -0.4 is 5.32 Å². The molecule has 1 aliphatic heterocycles. The molecular weight excluding hydrogens is 370 g/mol. The molecule has 3 rings (SSSR count). The second-order valence-electron chi connectivity index (χ2n) is 6.19. The average Bonchev–Trinajstić information content (AvgIpc) is 2.72. The van der Waals surface area contributed by atoms with E-state index in [4.69, 9.17) is 9.73 Å². The van der Waals surface area contributed by atoms with Gasteiger partial charge in [0.05, 0.1) is 23.8 Å². The maximum atomic E-state index is 12.5. The second-order valence-corrected chi connectivity index (χ2v) is 7.15. The van der Waals surface area contributed by atoms with Gasteiger partial charge in [-0.1, -0.05) is 60.3 Å². The lowest BCUT2D eigenvalue weighted by atomic mass is 9.97. The summed E-state index contributed by atoms with van der Waals surface area (Å²) in [4.78, 5) is 17.3. The van der Waals surface area contributed by atoms with E-state index < -0.39 is 6.04 Å². The van der Waals surface area contributed by atoms with Crippen molar-refractivity contribution in [3.05, 3.63) is 82.6 Å². The van der Waals surface area contributed by atoms with Gasteiger partial charge in [0.1, 0.15) is 6.04 Å². The third kappa shape index (κ3) is 4.44. The fraction of sp³-hybridized carbons (Fsp3) is 0.227. The Kier molecular flexibility index (Phi) is 6.51. The standard InChI is InChI=1S/C22H21N3O2S/c1-3-27-21(26)19-15(2)24-22(25-20(19)16-9-5-4-6-10-16)28-14-18-12-8-7-11-17(18)13-23/h4-12,20H,3,14H2,1-2H3,(H,24,25)/t20-/m0/s1. The lowest BCUT2D eigenvalue weighted by molar-refractivity contribution is -0.138. The number of thioether (sulfide) groups is 1. The SMILES string of the molecule is CCOC(=O)C1=C(C)NC(SCc2ccccc2C#N)=N[C@H]1c1ccccc1. The molecule has 0 amide bonds. The molecule has 142 valence electrons. The molecule has 6 heteroatoms. The molecule has 0 saturated carbocycles. The number of carbonyl (C=O) groups excluding carboxylic acids is 1. The Morgan fingerprint density at radius 1 is 1.21 bits per heavy atom. The van der Waals surface area contributed by atoms with Gasteiger partial charge in [-0.3, -0.25) is 0 Å². The Bertz CT molecular complexity index is 961. The summed E-state index contributed by atoms with van der Waals surface area (Å²) in [6, 6.07) is 19.0. The van der Waals surface area contributed by atoms with Crippen LogP contribution in [0, 0.1) is 11.3 Å². The Labute approximate surface area is 169 Å². The highest BCUT2D eigenvalue weighted by Crippen LogP contribution is 2.33. The smallest absolute Gasteiger partial charge is 0.338 e. The molecule has 0 spiro atoms. The van der Waals surface area contributed by atoms with E-state index in [9.17, 15) is 10.1 Å². The number of benzene rings is 2. The minimum Gasteiger partial charge on any atom is -0.463 e. The first-order valence-corrected chi connectivity index (χ1v) is 10.0. The van der Waals surface area contributed by atoms with Gasteiger partial charge in [-0.15, -0.1) is 0 Å². The Hall–Kier alpha value is -3.04. The van der Waals surface area contributed by atoms with E-state index in [1.165, 1.54) is 11.8 Å². The maximum Gasteiger partial charge on any atom is 0.338 e. The largest absolute Gasteiger partial charge is 0.463 e. The number of nitrogens with zero attached hydrogens (tertiary/aromatic N) is 2. The zero-order valence-electron chi connectivity index (χ0n) is 15.8. The molecule has 0 fully saturated rings. The highest BCUT2D eigenvalue weighted by molar-refractivity contribution is 8.13. The van der Waals surface area contributed by atoms with Gasteiger partial charge in [-0.25, -0.2) is 9.79 Å². The predicted octanol–water partition coefficient (Wildman–Crippen LogP) is 4.33. The normalized spacial score (nSPS) is 16.0. The number of carbonyl (C=O) groups is 1. The predicted molar refractivity (Wildman–Crippen MR) is 112 cm³/mol. The van der Waals surface area contributed by atoms with Gasteiger partial charge in [0.25, 0.3) is 0 Å². The number of aliphatic imine (C=N–C) groups is 1. The maximum absolute atomic E-state index is 12.5. The van der Waals surface area contributed by atoms with Crippen molar-refractivity contribution in [2.75, 3.05) is 6.61 Å².